The number of Topliss-reactive ketones (excluding diaryl/α,β-unsaturated/α-hetero) is 1. The molecule has 1 atom stereocenters. The van der Waals surface area contributed by atoms with Gasteiger partial charge in [0.2, 0.25) is 0 Å². The van der Waals surface area contributed by atoms with Gasteiger partial charge in [0.05, 0.1) is 28.9 Å². The zero-order valence-corrected chi connectivity index (χ0v) is 13.2. The number of aromatic nitrogens is 2. The lowest BCUT2D eigenvalue weighted by Gasteiger charge is -2.29. The van der Waals surface area contributed by atoms with Crippen molar-refractivity contribution in [3.63, 3.8) is 0 Å². The summed E-state index contributed by atoms with van der Waals surface area (Å²) < 4.78 is 8.30. The van der Waals surface area contributed by atoms with Gasteiger partial charge in [-0.3, -0.25) is 9.48 Å². The molecule has 1 unspecified atom stereocenters. The Kier molecular flexibility index (Phi) is 4.76. The number of halogens is 1. The van der Waals surface area contributed by atoms with Crippen molar-refractivity contribution < 1.29 is 9.53 Å². The van der Waals surface area contributed by atoms with E-state index in [1.807, 2.05) is 14.1 Å². The van der Waals surface area contributed by atoms with E-state index >= 15 is 0 Å². The summed E-state index contributed by atoms with van der Waals surface area (Å²) in [5, 5.41) is 4.41. The van der Waals surface area contributed by atoms with Crippen LogP contribution in [0.15, 0.2) is 4.47 Å². The molecule has 6 heteroatoms. The van der Waals surface area contributed by atoms with Gasteiger partial charge in [-0.1, -0.05) is 6.92 Å². The molecule has 0 radical (unpaired) electrons. The molecule has 0 N–H and O–H groups in total. The molecule has 0 bridgehead atoms. The molecule has 1 aromatic heterocycles. The molecule has 0 aliphatic carbocycles. The van der Waals surface area contributed by atoms with Gasteiger partial charge < -0.3 is 9.64 Å². The molecular weight excluding hydrogens is 310 g/mol. The average molecular weight is 330 g/mol. The van der Waals surface area contributed by atoms with Crippen LogP contribution in [0.25, 0.3) is 0 Å². The predicted molar refractivity (Wildman–Crippen MR) is 76.2 cm³/mol. The maximum Gasteiger partial charge on any atom is 0.168 e. The zero-order valence-electron chi connectivity index (χ0n) is 11.6. The number of likely N-dealkylation sites (N-methyl/N-ethyl adjacent to an activating group) is 1. The monoisotopic (exact) mass is 329 g/mol. The standard InChI is InChI=1S/C13H20BrN3O2/c1-4-9-13(14)10(17(3)15-9)7-11(18)12-8-16(2)5-6-19-12/h12H,4-8H2,1-3H3. The van der Waals surface area contributed by atoms with Crippen LogP contribution in [0.5, 0.6) is 0 Å². The summed E-state index contributed by atoms with van der Waals surface area (Å²) in [6.07, 6.45) is 0.902. The van der Waals surface area contributed by atoms with E-state index in [0.29, 0.717) is 19.6 Å². The fourth-order valence-electron chi connectivity index (χ4n) is 2.26. The topological polar surface area (TPSA) is 47.4 Å². The number of morpholine rings is 1. The molecule has 2 rings (SSSR count). The van der Waals surface area contributed by atoms with Crippen molar-refractivity contribution in [3.05, 3.63) is 15.9 Å². The van der Waals surface area contributed by atoms with Crippen molar-refractivity contribution >= 4 is 21.7 Å². The lowest BCUT2D eigenvalue weighted by molar-refractivity contribution is -0.134. The largest absolute Gasteiger partial charge is 0.368 e. The highest BCUT2D eigenvalue weighted by atomic mass is 79.9. The van der Waals surface area contributed by atoms with E-state index in [0.717, 1.165) is 28.8 Å². The Hall–Kier alpha value is -0.720. The van der Waals surface area contributed by atoms with Gasteiger partial charge in [0, 0.05) is 20.1 Å². The fraction of sp³-hybridized carbons (Fsp3) is 0.692. The van der Waals surface area contributed by atoms with Gasteiger partial charge in [0.1, 0.15) is 6.10 Å². The van der Waals surface area contributed by atoms with Gasteiger partial charge in [-0.15, -0.1) is 0 Å². The molecular formula is C13H20BrN3O2. The van der Waals surface area contributed by atoms with Crippen LogP contribution in [0.1, 0.15) is 18.3 Å². The number of nitrogens with zero attached hydrogens (tertiary/aromatic N) is 3. The van der Waals surface area contributed by atoms with Crippen LogP contribution in [0.3, 0.4) is 0 Å². The van der Waals surface area contributed by atoms with Crippen LogP contribution in [-0.2, 0) is 29.4 Å². The van der Waals surface area contributed by atoms with E-state index in [4.69, 9.17) is 4.74 Å². The molecule has 1 aromatic rings. The number of hydrogen-bond acceptors (Lipinski definition) is 4. The third-order valence-corrected chi connectivity index (χ3v) is 4.39. The quantitative estimate of drug-likeness (QED) is 0.832. The van der Waals surface area contributed by atoms with Crippen molar-refractivity contribution in [1.29, 1.82) is 0 Å². The molecule has 0 aromatic carbocycles. The zero-order chi connectivity index (χ0) is 14.0. The van der Waals surface area contributed by atoms with Crippen LogP contribution in [0.4, 0.5) is 0 Å². The normalized spacial score (nSPS) is 20.7. The number of ether oxygens (including phenoxy) is 1. The lowest BCUT2D eigenvalue weighted by Crippen LogP contribution is -2.44. The van der Waals surface area contributed by atoms with Crippen molar-refractivity contribution in [2.75, 3.05) is 26.7 Å². The summed E-state index contributed by atoms with van der Waals surface area (Å²) in [4.78, 5) is 14.4. The summed E-state index contributed by atoms with van der Waals surface area (Å²) >= 11 is 3.54. The number of hydrogen-bond donors (Lipinski definition) is 0. The van der Waals surface area contributed by atoms with Gasteiger partial charge in [-0.05, 0) is 29.4 Å². The maximum atomic E-state index is 12.3. The Morgan fingerprint density at radius 1 is 1.53 bits per heavy atom. The van der Waals surface area contributed by atoms with Crippen LogP contribution in [0, 0.1) is 0 Å². The second-order valence-electron chi connectivity index (χ2n) is 4.95. The minimum atomic E-state index is -0.314. The smallest absolute Gasteiger partial charge is 0.168 e. The number of aryl methyl sites for hydroxylation is 2. The van der Waals surface area contributed by atoms with Crippen LogP contribution >= 0.6 is 15.9 Å². The van der Waals surface area contributed by atoms with Gasteiger partial charge in [0.25, 0.3) is 0 Å². The van der Waals surface area contributed by atoms with Crippen LogP contribution in [0.2, 0.25) is 0 Å². The molecule has 0 saturated carbocycles. The van der Waals surface area contributed by atoms with Crippen LogP contribution < -0.4 is 0 Å². The number of ketones is 1. The summed E-state index contributed by atoms with van der Waals surface area (Å²) in [6.45, 7) is 4.24. The number of carbonyl (C=O) groups is 1. The Balaban J connectivity index is 2.08. The van der Waals surface area contributed by atoms with Crippen LogP contribution in [-0.4, -0.2) is 53.3 Å². The Morgan fingerprint density at radius 3 is 2.84 bits per heavy atom. The minimum Gasteiger partial charge on any atom is -0.368 e. The maximum absolute atomic E-state index is 12.3. The van der Waals surface area contributed by atoms with E-state index < -0.39 is 0 Å². The van der Waals surface area contributed by atoms with Crippen molar-refractivity contribution in [2.24, 2.45) is 7.05 Å². The molecule has 1 fully saturated rings. The summed E-state index contributed by atoms with van der Waals surface area (Å²) in [5.74, 6) is 0.123. The van der Waals surface area contributed by atoms with E-state index in [2.05, 4.69) is 32.9 Å². The molecule has 19 heavy (non-hydrogen) atoms. The first-order valence-corrected chi connectivity index (χ1v) is 7.35. The first-order chi connectivity index (χ1) is 9.02. The van der Waals surface area contributed by atoms with E-state index in [1.165, 1.54) is 0 Å². The number of carbonyl (C=O) groups excluding carboxylic acids is 1. The number of rotatable bonds is 4. The molecule has 5 nitrogen and oxygen atoms in total. The third kappa shape index (κ3) is 3.24. The highest BCUT2D eigenvalue weighted by molar-refractivity contribution is 9.10. The SMILES string of the molecule is CCc1nn(C)c(CC(=O)C2CN(C)CCO2)c1Br. The van der Waals surface area contributed by atoms with Gasteiger partial charge in [-0.25, -0.2) is 0 Å². The fourth-order valence-corrected chi connectivity index (χ4v) is 3.02. The summed E-state index contributed by atoms with van der Waals surface area (Å²) in [5.41, 5.74) is 1.92. The van der Waals surface area contributed by atoms with Gasteiger partial charge in [0.15, 0.2) is 5.78 Å². The highest BCUT2D eigenvalue weighted by Gasteiger charge is 2.26. The summed E-state index contributed by atoms with van der Waals surface area (Å²) in [6, 6.07) is 0. The predicted octanol–water partition coefficient (Wildman–Crippen LogP) is 1.19. The molecule has 2 heterocycles. The summed E-state index contributed by atoms with van der Waals surface area (Å²) in [7, 11) is 3.89. The molecule has 1 saturated heterocycles. The molecule has 1 aliphatic heterocycles. The molecule has 0 spiro atoms. The van der Waals surface area contributed by atoms with E-state index in [1.54, 1.807) is 4.68 Å². The van der Waals surface area contributed by atoms with Crippen molar-refractivity contribution in [2.45, 2.75) is 25.9 Å². The molecule has 1 aliphatic rings. The highest BCUT2D eigenvalue weighted by Crippen LogP contribution is 2.23. The van der Waals surface area contributed by atoms with Crippen molar-refractivity contribution in [1.82, 2.24) is 14.7 Å². The average Bonchev–Trinajstić information content (AvgIpc) is 2.66. The minimum absolute atomic E-state index is 0.123. The van der Waals surface area contributed by atoms with Gasteiger partial charge >= 0.3 is 0 Å². The van der Waals surface area contributed by atoms with Crippen molar-refractivity contribution in [3.8, 4) is 0 Å². The van der Waals surface area contributed by atoms with E-state index in [-0.39, 0.29) is 11.9 Å². The first kappa shape index (κ1) is 14.7. The van der Waals surface area contributed by atoms with Gasteiger partial charge in [-0.2, -0.15) is 5.10 Å². The second-order valence-corrected chi connectivity index (χ2v) is 5.74. The molecule has 0 amide bonds. The van der Waals surface area contributed by atoms with E-state index in [9.17, 15) is 4.79 Å². The lowest BCUT2D eigenvalue weighted by atomic mass is 10.1. The Labute approximate surface area is 122 Å². The second kappa shape index (κ2) is 6.15. The Morgan fingerprint density at radius 2 is 2.26 bits per heavy atom. The third-order valence-electron chi connectivity index (χ3n) is 3.47. The Bertz CT molecular complexity index is 473. The molecule has 106 valence electrons. The first-order valence-electron chi connectivity index (χ1n) is 6.56.